The summed E-state index contributed by atoms with van der Waals surface area (Å²) >= 11 is 7.09. The van der Waals surface area contributed by atoms with Gasteiger partial charge in [-0.25, -0.2) is 0 Å². The van der Waals surface area contributed by atoms with Crippen LogP contribution in [0, 0.1) is 20.8 Å². The van der Waals surface area contributed by atoms with E-state index in [9.17, 15) is 0 Å². The van der Waals surface area contributed by atoms with Crippen LogP contribution < -0.4 is 5.32 Å². The van der Waals surface area contributed by atoms with Crippen LogP contribution in [-0.4, -0.2) is 17.2 Å². The van der Waals surface area contributed by atoms with Crippen LogP contribution in [-0.2, 0) is 0 Å². The third-order valence-corrected chi connectivity index (χ3v) is 4.93. The van der Waals surface area contributed by atoms with Crippen molar-refractivity contribution in [3.63, 3.8) is 0 Å². The Kier molecular flexibility index (Phi) is 3.44. The van der Waals surface area contributed by atoms with Crippen molar-refractivity contribution in [2.75, 3.05) is 11.9 Å². The number of nitrogens with zero attached hydrogens (tertiary/aromatic N) is 1. The monoisotopic (exact) mass is 300 g/mol. The van der Waals surface area contributed by atoms with Crippen LogP contribution in [0.5, 0.6) is 0 Å². The molecule has 2 nitrogen and oxygen atoms in total. The highest BCUT2D eigenvalue weighted by atomic mass is 32.1. The summed E-state index contributed by atoms with van der Waals surface area (Å²) in [5.41, 5.74) is 5.96. The normalized spacial score (nSPS) is 14.3. The lowest BCUT2D eigenvalue weighted by molar-refractivity contribution is 1.31. The number of thiocarbonyl (C=S) groups is 1. The molecular weight excluding hydrogens is 284 g/mol. The molecule has 0 atom stereocenters. The van der Waals surface area contributed by atoms with Crippen LogP contribution >= 0.6 is 23.6 Å². The van der Waals surface area contributed by atoms with E-state index in [-0.39, 0.29) is 0 Å². The number of aryl methyl sites for hydroxylation is 2. The first-order valence-electron chi connectivity index (χ1n) is 6.58. The summed E-state index contributed by atoms with van der Waals surface area (Å²) in [7, 11) is 0. The van der Waals surface area contributed by atoms with Gasteiger partial charge in [0.1, 0.15) is 9.99 Å². The Hall–Kier alpha value is -1.52. The quantitative estimate of drug-likeness (QED) is 0.796. The van der Waals surface area contributed by atoms with Gasteiger partial charge >= 0.3 is 0 Å². The number of hydrogen-bond donors (Lipinski definition) is 1. The summed E-state index contributed by atoms with van der Waals surface area (Å²) in [6.07, 6.45) is 0. The van der Waals surface area contributed by atoms with Crippen molar-refractivity contribution in [1.82, 2.24) is 0 Å². The van der Waals surface area contributed by atoms with E-state index >= 15 is 0 Å². The lowest BCUT2D eigenvalue weighted by Crippen LogP contribution is -2.09. The molecule has 0 fully saturated rings. The molecule has 1 aromatic heterocycles. The Balaban J connectivity index is 2.20. The van der Waals surface area contributed by atoms with Crippen LogP contribution in [0.3, 0.4) is 0 Å². The maximum absolute atomic E-state index is 5.33. The van der Waals surface area contributed by atoms with Crippen molar-refractivity contribution in [2.24, 2.45) is 4.99 Å². The zero-order chi connectivity index (χ0) is 14.3. The molecule has 0 spiro atoms. The van der Waals surface area contributed by atoms with E-state index in [1.54, 1.807) is 11.3 Å². The van der Waals surface area contributed by atoms with Crippen molar-refractivity contribution in [3.8, 4) is 0 Å². The number of fused-ring (bicyclic) bond motifs is 1. The van der Waals surface area contributed by atoms with Gasteiger partial charge in [-0.2, -0.15) is 0 Å². The van der Waals surface area contributed by atoms with Crippen LogP contribution in [0.2, 0.25) is 0 Å². The Morgan fingerprint density at radius 2 is 1.85 bits per heavy atom. The first-order chi connectivity index (χ1) is 9.56. The summed E-state index contributed by atoms with van der Waals surface area (Å²) in [5, 5.41) is 4.46. The highest BCUT2D eigenvalue weighted by Crippen LogP contribution is 2.35. The summed E-state index contributed by atoms with van der Waals surface area (Å²) in [6.45, 7) is 6.95. The molecule has 3 rings (SSSR count). The first-order valence-corrected chi connectivity index (χ1v) is 7.80. The number of hydrogen-bond acceptors (Lipinski definition) is 3. The molecular formula is C16H16N2S2. The summed E-state index contributed by atoms with van der Waals surface area (Å²) in [6, 6.07) is 8.53. The van der Waals surface area contributed by atoms with Gasteiger partial charge in [0.2, 0.25) is 0 Å². The van der Waals surface area contributed by atoms with Crippen molar-refractivity contribution in [1.29, 1.82) is 0 Å². The maximum atomic E-state index is 5.33. The zero-order valence-electron chi connectivity index (χ0n) is 11.8. The van der Waals surface area contributed by atoms with E-state index in [1.807, 2.05) is 0 Å². The highest BCUT2D eigenvalue weighted by Gasteiger charge is 2.22. The molecule has 0 unspecified atom stereocenters. The third kappa shape index (κ3) is 2.30. The van der Waals surface area contributed by atoms with Gasteiger partial charge in [0, 0.05) is 16.0 Å². The first kappa shape index (κ1) is 13.5. The largest absolute Gasteiger partial charge is 0.340 e. The van der Waals surface area contributed by atoms with E-state index in [0.29, 0.717) is 6.54 Å². The molecule has 4 heteroatoms. The fourth-order valence-electron chi connectivity index (χ4n) is 2.34. The maximum Gasteiger partial charge on any atom is 0.103 e. The molecule has 0 bridgehead atoms. The number of rotatable bonds is 1. The van der Waals surface area contributed by atoms with Gasteiger partial charge in [-0.15, -0.1) is 11.3 Å². The number of aliphatic imine (C=N–C) groups is 1. The smallest absolute Gasteiger partial charge is 0.103 e. The molecule has 0 saturated heterocycles. The van der Waals surface area contributed by atoms with Gasteiger partial charge < -0.3 is 5.32 Å². The zero-order valence-corrected chi connectivity index (χ0v) is 13.4. The lowest BCUT2D eigenvalue weighted by atomic mass is 9.99. The minimum Gasteiger partial charge on any atom is -0.340 e. The van der Waals surface area contributed by atoms with Gasteiger partial charge in [0.15, 0.2) is 0 Å². The van der Waals surface area contributed by atoms with E-state index < -0.39 is 0 Å². The molecule has 102 valence electrons. The second kappa shape index (κ2) is 5.11. The van der Waals surface area contributed by atoms with Gasteiger partial charge in [-0.1, -0.05) is 42.0 Å². The number of benzene rings is 1. The van der Waals surface area contributed by atoms with Gasteiger partial charge in [0.25, 0.3) is 0 Å². The summed E-state index contributed by atoms with van der Waals surface area (Å²) < 4.78 is 0. The Morgan fingerprint density at radius 1 is 1.15 bits per heavy atom. The second-order valence-electron chi connectivity index (χ2n) is 5.07. The average molecular weight is 300 g/mol. The number of anilines is 1. The van der Waals surface area contributed by atoms with Crippen LogP contribution in [0.25, 0.3) is 0 Å². The molecule has 1 aliphatic rings. The Morgan fingerprint density at radius 3 is 2.55 bits per heavy atom. The van der Waals surface area contributed by atoms with Crippen molar-refractivity contribution in [3.05, 3.63) is 51.4 Å². The number of thiophene rings is 1. The molecule has 0 radical (unpaired) electrons. The fraction of sp³-hybridized carbons (Fsp3) is 0.250. The van der Waals surface area contributed by atoms with Crippen LogP contribution in [0.4, 0.5) is 5.00 Å². The SMILES string of the molecule is Cc1ccc(C2=NCC(=S)Nc3sc(C)c(C)c32)cc1. The molecule has 1 aromatic carbocycles. The third-order valence-electron chi connectivity index (χ3n) is 3.58. The van der Waals surface area contributed by atoms with Crippen molar-refractivity contribution < 1.29 is 0 Å². The van der Waals surface area contributed by atoms with Crippen molar-refractivity contribution in [2.45, 2.75) is 20.8 Å². The molecule has 0 saturated carbocycles. The lowest BCUT2D eigenvalue weighted by Gasteiger charge is -2.08. The van der Waals surface area contributed by atoms with Crippen LogP contribution in [0.1, 0.15) is 27.1 Å². The van der Waals surface area contributed by atoms with E-state index in [4.69, 9.17) is 17.2 Å². The van der Waals surface area contributed by atoms with Crippen molar-refractivity contribution >= 4 is 39.3 Å². The Labute approximate surface area is 128 Å². The van der Waals surface area contributed by atoms with Gasteiger partial charge in [0.05, 0.1) is 12.3 Å². The van der Waals surface area contributed by atoms with Gasteiger partial charge in [-0.05, 0) is 26.3 Å². The van der Waals surface area contributed by atoms with E-state index in [0.717, 1.165) is 21.3 Å². The minimum atomic E-state index is 0.554. The standard InChI is InChI=1S/C16H16N2S2/c1-9-4-6-12(7-5-9)15-14-10(2)11(3)20-16(14)18-13(19)8-17-15/h4-7H,8H2,1-3H3,(H,18,19). The molecule has 2 aromatic rings. The molecule has 20 heavy (non-hydrogen) atoms. The summed E-state index contributed by atoms with van der Waals surface area (Å²) in [4.78, 5) is 6.84. The second-order valence-corrected chi connectivity index (χ2v) is 6.78. The fourth-order valence-corrected chi connectivity index (χ4v) is 3.66. The minimum absolute atomic E-state index is 0.554. The summed E-state index contributed by atoms with van der Waals surface area (Å²) in [5.74, 6) is 0. The average Bonchev–Trinajstić information content (AvgIpc) is 2.59. The Bertz CT molecular complexity index is 709. The molecule has 2 heterocycles. The topological polar surface area (TPSA) is 24.4 Å². The predicted molar refractivity (Wildman–Crippen MR) is 91.7 cm³/mol. The highest BCUT2D eigenvalue weighted by molar-refractivity contribution is 7.80. The van der Waals surface area contributed by atoms with Crippen LogP contribution in [0.15, 0.2) is 29.3 Å². The van der Waals surface area contributed by atoms with E-state index in [1.165, 1.54) is 21.6 Å². The van der Waals surface area contributed by atoms with E-state index in [2.05, 4.69) is 50.4 Å². The molecule has 1 N–H and O–H groups in total. The molecule has 0 aliphatic carbocycles. The number of nitrogens with one attached hydrogen (secondary N) is 1. The predicted octanol–water partition coefficient (Wildman–Crippen LogP) is 4.26. The van der Waals surface area contributed by atoms with Gasteiger partial charge in [-0.3, -0.25) is 4.99 Å². The molecule has 1 aliphatic heterocycles. The molecule has 0 amide bonds.